The molecule has 2 aromatic rings. The van der Waals surface area contributed by atoms with Gasteiger partial charge in [0.1, 0.15) is 17.6 Å². The molecule has 2 amide bonds. The Kier molecular flexibility index (Phi) is 3.70. The zero-order valence-corrected chi connectivity index (χ0v) is 12.6. The van der Waals surface area contributed by atoms with Gasteiger partial charge in [-0.05, 0) is 26.0 Å². The van der Waals surface area contributed by atoms with Gasteiger partial charge in [-0.1, -0.05) is 0 Å². The molecule has 3 rings (SSSR count). The molecule has 1 unspecified atom stereocenters. The van der Waals surface area contributed by atoms with Crippen molar-refractivity contribution in [3.63, 3.8) is 0 Å². The van der Waals surface area contributed by atoms with Gasteiger partial charge in [-0.15, -0.1) is 0 Å². The van der Waals surface area contributed by atoms with E-state index in [9.17, 15) is 9.59 Å². The normalized spacial score (nSPS) is 15.5. The van der Waals surface area contributed by atoms with E-state index in [1.807, 2.05) is 13.0 Å². The first-order chi connectivity index (χ1) is 10.6. The molecule has 2 aromatic heterocycles. The predicted molar refractivity (Wildman–Crippen MR) is 79.1 cm³/mol. The van der Waals surface area contributed by atoms with Crippen molar-refractivity contribution in [2.45, 2.75) is 39.4 Å². The monoisotopic (exact) mass is 302 g/mol. The van der Waals surface area contributed by atoms with E-state index >= 15 is 0 Å². The van der Waals surface area contributed by atoms with Crippen LogP contribution in [0.5, 0.6) is 0 Å². The summed E-state index contributed by atoms with van der Waals surface area (Å²) in [6, 6.07) is 4.78. The van der Waals surface area contributed by atoms with Gasteiger partial charge in [0, 0.05) is 12.5 Å². The van der Waals surface area contributed by atoms with Crippen LogP contribution in [0.25, 0.3) is 0 Å². The van der Waals surface area contributed by atoms with Gasteiger partial charge in [0.25, 0.3) is 0 Å². The number of aromatic nitrogens is 2. The highest BCUT2D eigenvalue weighted by atomic mass is 16.3. The number of rotatable bonds is 4. The molecule has 0 fully saturated rings. The van der Waals surface area contributed by atoms with Crippen LogP contribution >= 0.6 is 0 Å². The Morgan fingerprint density at radius 3 is 3.09 bits per heavy atom. The number of carbonyl (C=O) groups excluding carboxylic acids is 2. The van der Waals surface area contributed by atoms with Crippen LogP contribution in [0.3, 0.4) is 0 Å². The van der Waals surface area contributed by atoms with Crippen molar-refractivity contribution in [1.82, 2.24) is 15.1 Å². The van der Waals surface area contributed by atoms with E-state index < -0.39 is 6.04 Å². The van der Waals surface area contributed by atoms with E-state index in [0.717, 1.165) is 5.69 Å². The van der Waals surface area contributed by atoms with Crippen molar-refractivity contribution in [3.05, 3.63) is 35.9 Å². The van der Waals surface area contributed by atoms with E-state index in [4.69, 9.17) is 4.42 Å². The van der Waals surface area contributed by atoms with E-state index in [1.54, 1.807) is 30.0 Å². The van der Waals surface area contributed by atoms with Gasteiger partial charge in [0.05, 0.1) is 25.0 Å². The van der Waals surface area contributed by atoms with Crippen molar-refractivity contribution in [2.75, 3.05) is 4.90 Å². The highest BCUT2D eigenvalue weighted by Gasteiger charge is 2.32. The van der Waals surface area contributed by atoms with Gasteiger partial charge in [0.15, 0.2) is 0 Å². The third-order valence-corrected chi connectivity index (χ3v) is 3.72. The van der Waals surface area contributed by atoms with Crippen LogP contribution in [0, 0.1) is 6.92 Å². The quantitative estimate of drug-likeness (QED) is 0.921. The number of fused-ring (bicyclic) bond motifs is 1. The van der Waals surface area contributed by atoms with Gasteiger partial charge < -0.3 is 9.73 Å². The van der Waals surface area contributed by atoms with Crippen LogP contribution in [-0.2, 0) is 22.7 Å². The van der Waals surface area contributed by atoms with Gasteiger partial charge in [0.2, 0.25) is 11.8 Å². The minimum atomic E-state index is -0.599. The average Bonchev–Trinajstić information content (AvgIpc) is 3.12. The fourth-order valence-corrected chi connectivity index (χ4v) is 2.61. The Bertz CT molecular complexity index is 690. The Balaban J connectivity index is 1.74. The predicted octanol–water partition coefficient (Wildman–Crippen LogP) is 1.23. The molecule has 0 bridgehead atoms. The molecule has 3 heterocycles. The lowest BCUT2D eigenvalue weighted by Gasteiger charge is -2.31. The summed E-state index contributed by atoms with van der Waals surface area (Å²) in [6.07, 6.45) is 1.91. The number of nitrogens with zero attached hydrogens (tertiary/aromatic N) is 3. The minimum Gasteiger partial charge on any atom is -0.467 e. The Morgan fingerprint density at radius 2 is 2.36 bits per heavy atom. The lowest BCUT2D eigenvalue weighted by atomic mass is 10.2. The summed E-state index contributed by atoms with van der Waals surface area (Å²) in [5.41, 5.74) is 0.831. The van der Waals surface area contributed by atoms with E-state index in [-0.39, 0.29) is 11.8 Å². The van der Waals surface area contributed by atoms with E-state index in [2.05, 4.69) is 10.4 Å². The molecule has 1 atom stereocenters. The molecule has 22 heavy (non-hydrogen) atoms. The smallest absolute Gasteiger partial charge is 0.243 e. The maximum Gasteiger partial charge on any atom is 0.243 e. The van der Waals surface area contributed by atoms with Gasteiger partial charge >= 0.3 is 0 Å². The molecule has 0 aliphatic carbocycles. The Labute approximate surface area is 127 Å². The number of amides is 2. The molecule has 0 aromatic carbocycles. The van der Waals surface area contributed by atoms with Crippen LogP contribution < -0.4 is 10.2 Å². The maximum absolute atomic E-state index is 12.3. The highest BCUT2D eigenvalue weighted by Crippen LogP contribution is 2.24. The molecule has 116 valence electrons. The lowest BCUT2D eigenvalue weighted by Crippen LogP contribution is -2.50. The summed E-state index contributed by atoms with van der Waals surface area (Å²) in [5.74, 6) is 1.06. The van der Waals surface area contributed by atoms with Crippen LogP contribution in [0.1, 0.15) is 24.8 Å². The standard InChI is InChI=1S/C15H18N4O3/c1-10-8-13-18(17-10)6-5-14(20)19(13)11(2)15(21)16-9-12-4-3-7-22-12/h3-4,7-8,11H,5-6,9H2,1-2H3,(H,16,21). The molecule has 1 aliphatic heterocycles. The Hall–Kier alpha value is -2.57. The molecule has 7 heteroatoms. The molecule has 7 nitrogen and oxygen atoms in total. The van der Waals surface area contributed by atoms with Crippen molar-refractivity contribution in [1.29, 1.82) is 0 Å². The van der Waals surface area contributed by atoms with Gasteiger partial charge in [-0.3, -0.25) is 14.5 Å². The van der Waals surface area contributed by atoms with Crippen LogP contribution in [0.2, 0.25) is 0 Å². The Morgan fingerprint density at radius 1 is 1.55 bits per heavy atom. The zero-order chi connectivity index (χ0) is 15.7. The molecule has 1 N–H and O–H groups in total. The number of anilines is 1. The molecular weight excluding hydrogens is 284 g/mol. The second-order valence-electron chi connectivity index (χ2n) is 5.35. The molecular formula is C15H18N4O3. The second kappa shape index (κ2) is 5.67. The summed E-state index contributed by atoms with van der Waals surface area (Å²) < 4.78 is 6.95. The summed E-state index contributed by atoms with van der Waals surface area (Å²) in [6.45, 7) is 4.44. The largest absolute Gasteiger partial charge is 0.467 e. The summed E-state index contributed by atoms with van der Waals surface area (Å²) in [4.78, 5) is 26.1. The van der Waals surface area contributed by atoms with Gasteiger partial charge in [-0.25, -0.2) is 4.68 Å². The third kappa shape index (κ3) is 2.61. The van der Waals surface area contributed by atoms with E-state index in [0.29, 0.717) is 31.1 Å². The fraction of sp³-hybridized carbons (Fsp3) is 0.400. The first kappa shape index (κ1) is 14.4. The lowest BCUT2D eigenvalue weighted by molar-refractivity contribution is -0.126. The maximum atomic E-state index is 12.3. The number of aryl methyl sites for hydroxylation is 2. The first-order valence-corrected chi connectivity index (χ1v) is 7.23. The average molecular weight is 302 g/mol. The van der Waals surface area contributed by atoms with Crippen LogP contribution in [0.4, 0.5) is 5.82 Å². The van der Waals surface area contributed by atoms with Crippen molar-refractivity contribution in [3.8, 4) is 0 Å². The topological polar surface area (TPSA) is 80.4 Å². The van der Waals surface area contributed by atoms with Gasteiger partial charge in [-0.2, -0.15) is 5.10 Å². The number of hydrogen-bond donors (Lipinski definition) is 1. The minimum absolute atomic E-state index is 0.0620. The van der Waals surface area contributed by atoms with Crippen LogP contribution in [0.15, 0.2) is 28.9 Å². The highest BCUT2D eigenvalue weighted by molar-refractivity contribution is 6.00. The fourth-order valence-electron chi connectivity index (χ4n) is 2.61. The number of carbonyl (C=O) groups is 2. The molecule has 0 radical (unpaired) electrons. The number of furan rings is 1. The van der Waals surface area contributed by atoms with Crippen molar-refractivity contribution < 1.29 is 14.0 Å². The first-order valence-electron chi connectivity index (χ1n) is 7.23. The summed E-state index contributed by atoms with van der Waals surface area (Å²) in [7, 11) is 0. The SMILES string of the molecule is Cc1cc2n(n1)CCC(=O)N2C(C)C(=O)NCc1ccco1. The molecule has 1 aliphatic rings. The van der Waals surface area contributed by atoms with E-state index in [1.165, 1.54) is 4.90 Å². The summed E-state index contributed by atoms with van der Waals surface area (Å²) >= 11 is 0. The molecule has 0 spiro atoms. The molecule has 0 saturated carbocycles. The second-order valence-corrected chi connectivity index (χ2v) is 5.35. The third-order valence-electron chi connectivity index (χ3n) is 3.72. The number of nitrogens with one attached hydrogen (secondary N) is 1. The zero-order valence-electron chi connectivity index (χ0n) is 12.6. The van der Waals surface area contributed by atoms with Crippen LogP contribution in [-0.4, -0.2) is 27.6 Å². The number of hydrogen-bond acceptors (Lipinski definition) is 4. The van der Waals surface area contributed by atoms with Crippen molar-refractivity contribution >= 4 is 17.6 Å². The van der Waals surface area contributed by atoms with Crippen molar-refractivity contribution in [2.24, 2.45) is 0 Å². The summed E-state index contributed by atoms with van der Waals surface area (Å²) in [5, 5.41) is 7.12. The molecule has 0 saturated heterocycles.